The maximum absolute atomic E-state index is 6.25. The van der Waals surface area contributed by atoms with Gasteiger partial charge in [-0.05, 0) is 18.9 Å². The predicted molar refractivity (Wildman–Crippen MR) is 88.4 cm³/mol. The monoisotopic (exact) mass is 331 g/mol. The Morgan fingerprint density at radius 1 is 1.10 bits per heavy atom. The number of rotatable bonds is 2. The molecule has 0 aromatic carbocycles. The highest BCUT2D eigenvalue weighted by Crippen LogP contribution is 2.29. The van der Waals surface area contributed by atoms with E-state index in [2.05, 4.69) is 26.5 Å². The van der Waals surface area contributed by atoms with Crippen LogP contribution in [0.25, 0.3) is 0 Å². The van der Waals surface area contributed by atoms with Crippen LogP contribution in [0.2, 0.25) is 10.0 Å². The number of piperidine rings is 1. The van der Waals surface area contributed by atoms with E-state index in [9.17, 15) is 0 Å². The Balaban J connectivity index is 1.60. The van der Waals surface area contributed by atoms with Crippen molar-refractivity contribution in [2.75, 3.05) is 42.6 Å². The molecule has 0 aliphatic carbocycles. The largest absolute Gasteiger partial charge is 0.355 e. The summed E-state index contributed by atoms with van der Waals surface area (Å²) in [6.07, 6.45) is 4.08. The fourth-order valence-electron chi connectivity index (χ4n) is 3.03. The minimum Gasteiger partial charge on any atom is -0.355 e. The predicted octanol–water partition coefficient (Wildman–Crippen LogP) is 3.41. The summed E-state index contributed by atoms with van der Waals surface area (Å²) in [5, 5.41) is 1.25. The zero-order valence-electron chi connectivity index (χ0n) is 11.4. The lowest BCUT2D eigenvalue weighted by Gasteiger charge is -2.40. The van der Waals surface area contributed by atoms with Crippen LogP contribution in [0.5, 0.6) is 0 Å². The number of pyridine rings is 1. The second-order valence-electron chi connectivity index (χ2n) is 5.33. The van der Waals surface area contributed by atoms with Crippen LogP contribution >= 0.6 is 35.0 Å². The summed E-state index contributed by atoms with van der Waals surface area (Å²) >= 11 is 14.2. The van der Waals surface area contributed by atoms with Crippen molar-refractivity contribution in [3.8, 4) is 0 Å². The van der Waals surface area contributed by atoms with Crippen LogP contribution in [-0.2, 0) is 0 Å². The molecule has 2 fully saturated rings. The van der Waals surface area contributed by atoms with Crippen molar-refractivity contribution in [1.29, 1.82) is 0 Å². The molecule has 0 unspecified atom stereocenters. The van der Waals surface area contributed by atoms with Gasteiger partial charge in [-0.3, -0.25) is 4.90 Å². The van der Waals surface area contributed by atoms with Crippen molar-refractivity contribution in [2.45, 2.75) is 18.9 Å². The van der Waals surface area contributed by atoms with Gasteiger partial charge in [-0.1, -0.05) is 23.2 Å². The Labute approximate surface area is 134 Å². The van der Waals surface area contributed by atoms with Crippen molar-refractivity contribution in [3.63, 3.8) is 0 Å². The van der Waals surface area contributed by atoms with E-state index < -0.39 is 0 Å². The highest BCUT2D eigenvalue weighted by Gasteiger charge is 2.26. The van der Waals surface area contributed by atoms with Gasteiger partial charge < -0.3 is 4.90 Å². The molecule has 0 radical (unpaired) electrons. The summed E-state index contributed by atoms with van der Waals surface area (Å²) in [6, 6.07) is 2.51. The Bertz CT molecular complexity index is 458. The molecular formula is C14H19Cl2N3S. The van der Waals surface area contributed by atoms with E-state index in [1.807, 2.05) is 0 Å². The van der Waals surface area contributed by atoms with Crippen LogP contribution < -0.4 is 4.90 Å². The van der Waals surface area contributed by atoms with Gasteiger partial charge in [0.05, 0.1) is 10.0 Å². The van der Waals surface area contributed by atoms with Crippen LogP contribution in [0.1, 0.15) is 12.8 Å². The first-order valence-corrected chi connectivity index (χ1v) is 9.03. The summed E-state index contributed by atoms with van der Waals surface area (Å²) < 4.78 is 0. The van der Waals surface area contributed by atoms with Crippen molar-refractivity contribution >= 4 is 40.8 Å². The third-order valence-corrected chi connectivity index (χ3v) is 5.54. The van der Waals surface area contributed by atoms with Gasteiger partial charge in [-0.2, -0.15) is 11.8 Å². The summed E-state index contributed by atoms with van der Waals surface area (Å²) in [7, 11) is 0. The number of hydrogen-bond acceptors (Lipinski definition) is 4. The normalized spacial score (nSPS) is 22.2. The summed E-state index contributed by atoms with van der Waals surface area (Å²) in [4.78, 5) is 9.33. The average Bonchev–Trinajstić information content (AvgIpc) is 2.48. The molecule has 3 rings (SSSR count). The summed E-state index contributed by atoms with van der Waals surface area (Å²) in [5.41, 5.74) is 0. The summed E-state index contributed by atoms with van der Waals surface area (Å²) in [6.45, 7) is 4.55. The van der Waals surface area contributed by atoms with Crippen LogP contribution in [0, 0.1) is 0 Å². The van der Waals surface area contributed by atoms with Gasteiger partial charge in [0.2, 0.25) is 0 Å². The molecule has 0 saturated carbocycles. The van der Waals surface area contributed by atoms with Gasteiger partial charge in [0, 0.05) is 49.9 Å². The third kappa shape index (κ3) is 3.35. The fourth-order valence-corrected chi connectivity index (χ4v) is 4.46. The second-order valence-corrected chi connectivity index (χ2v) is 7.39. The van der Waals surface area contributed by atoms with E-state index in [0.717, 1.165) is 24.9 Å². The van der Waals surface area contributed by atoms with Gasteiger partial charge in [-0.25, -0.2) is 4.98 Å². The van der Waals surface area contributed by atoms with Crippen LogP contribution in [0.3, 0.4) is 0 Å². The first-order chi connectivity index (χ1) is 9.74. The van der Waals surface area contributed by atoms with Crippen molar-refractivity contribution < 1.29 is 0 Å². The lowest BCUT2D eigenvalue weighted by atomic mass is 10.0. The lowest BCUT2D eigenvalue weighted by molar-refractivity contribution is 0.185. The molecule has 0 atom stereocenters. The van der Waals surface area contributed by atoms with Gasteiger partial charge in [0.15, 0.2) is 0 Å². The molecular weight excluding hydrogens is 313 g/mol. The molecule has 6 heteroatoms. The van der Waals surface area contributed by atoms with E-state index in [-0.39, 0.29) is 0 Å². The third-order valence-electron chi connectivity index (χ3n) is 4.11. The van der Waals surface area contributed by atoms with Gasteiger partial charge in [0.25, 0.3) is 0 Å². The topological polar surface area (TPSA) is 19.4 Å². The first-order valence-electron chi connectivity index (χ1n) is 7.12. The number of thioether (sulfide) groups is 1. The number of nitrogens with zero attached hydrogens (tertiary/aromatic N) is 3. The number of halogens is 2. The van der Waals surface area contributed by atoms with Gasteiger partial charge in [-0.15, -0.1) is 0 Å². The fraction of sp³-hybridized carbons (Fsp3) is 0.643. The molecule has 20 heavy (non-hydrogen) atoms. The van der Waals surface area contributed by atoms with E-state index in [0.29, 0.717) is 10.0 Å². The van der Waals surface area contributed by atoms with Crippen LogP contribution in [-0.4, -0.2) is 53.6 Å². The molecule has 3 nitrogen and oxygen atoms in total. The second kappa shape index (κ2) is 6.73. The smallest absolute Gasteiger partial charge is 0.147 e. The molecule has 0 N–H and O–H groups in total. The molecule has 0 amide bonds. The Morgan fingerprint density at radius 3 is 2.45 bits per heavy atom. The standard InChI is InChI=1S/C14H19Cl2N3S/c15-11-9-13(16)14(17-10-11)19-3-1-12(2-4-19)18-5-7-20-8-6-18/h9-10,12H,1-8H2. The lowest BCUT2D eigenvalue weighted by Crippen LogP contribution is -2.48. The Kier molecular flexibility index (Phi) is 4.97. The van der Waals surface area contributed by atoms with Gasteiger partial charge >= 0.3 is 0 Å². The minimum absolute atomic E-state index is 0.597. The highest BCUT2D eigenvalue weighted by atomic mass is 35.5. The summed E-state index contributed by atoms with van der Waals surface area (Å²) in [5.74, 6) is 3.44. The molecule has 0 bridgehead atoms. The molecule has 110 valence electrons. The molecule has 0 spiro atoms. The zero-order valence-corrected chi connectivity index (χ0v) is 13.7. The minimum atomic E-state index is 0.597. The molecule has 2 saturated heterocycles. The quantitative estimate of drug-likeness (QED) is 0.826. The van der Waals surface area contributed by atoms with Gasteiger partial charge in [0.1, 0.15) is 5.82 Å². The van der Waals surface area contributed by atoms with E-state index in [1.54, 1.807) is 12.3 Å². The number of aromatic nitrogens is 1. The number of hydrogen-bond donors (Lipinski definition) is 0. The van der Waals surface area contributed by atoms with Crippen molar-refractivity contribution in [3.05, 3.63) is 22.3 Å². The molecule has 1 aromatic heterocycles. The first kappa shape index (κ1) is 14.8. The maximum Gasteiger partial charge on any atom is 0.147 e. The average molecular weight is 332 g/mol. The highest BCUT2D eigenvalue weighted by molar-refractivity contribution is 7.99. The molecule has 2 aliphatic rings. The van der Waals surface area contributed by atoms with Crippen LogP contribution in [0.15, 0.2) is 12.3 Å². The molecule has 2 aliphatic heterocycles. The number of anilines is 1. The SMILES string of the molecule is Clc1cnc(N2CCC(N3CCSCC3)CC2)c(Cl)c1. The van der Waals surface area contributed by atoms with Crippen molar-refractivity contribution in [2.24, 2.45) is 0 Å². The maximum atomic E-state index is 6.25. The van der Waals surface area contributed by atoms with E-state index >= 15 is 0 Å². The Hall–Kier alpha value is -0.160. The van der Waals surface area contributed by atoms with Crippen LogP contribution in [0.4, 0.5) is 5.82 Å². The molecule has 1 aromatic rings. The Morgan fingerprint density at radius 2 is 1.80 bits per heavy atom. The van der Waals surface area contributed by atoms with E-state index in [1.165, 1.54) is 37.4 Å². The van der Waals surface area contributed by atoms with E-state index in [4.69, 9.17) is 23.2 Å². The van der Waals surface area contributed by atoms with Crippen molar-refractivity contribution in [1.82, 2.24) is 9.88 Å². The zero-order chi connectivity index (χ0) is 13.9. The molecule has 3 heterocycles.